The zero-order valence-electron chi connectivity index (χ0n) is 14.9. The zero-order valence-corrected chi connectivity index (χ0v) is 14.9. The average Bonchev–Trinajstić information content (AvgIpc) is 2.62. The summed E-state index contributed by atoms with van der Waals surface area (Å²) in [4.78, 5) is 28.5. The number of nitrogens with zero attached hydrogens (tertiary/aromatic N) is 2. The fourth-order valence-corrected chi connectivity index (χ4v) is 4.09. The third-order valence-electron chi connectivity index (χ3n) is 5.62. The Kier molecular flexibility index (Phi) is 5.74. The van der Waals surface area contributed by atoms with Gasteiger partial charge in [0.05, 0.1) is 11.8 Å². The number of carboxylic acids is 1. The maximum absolute atomic E-state index is 13.0. The molecule has 25 heavy (non-hydrogen) atoms. The second-order valence-electron chi connectivity index (χ2n) is 7.51. The second kappa shape index (κ2) is 8.00. The van der Waals surface area contributed by atoms with E-state index in [2.05, 4.69) is 17.0 Å². The lowest BCUT2D eigenvalue weighted by Gasteiger charge is -2.40. The van der Waals surface area contributed by atoms with Gasteiger partial charge in [0.1, 0.15) is 0 Å². The fraction of sp³-hybridized carbons (Fsp3) is 0.600. The van der Waals surface area contributed by atoms with Crippen LogP contribution in [0.25, 0.3) is 0 Å². The summed E-state index contributed by atoms with van der Waals surface area (Å²) in [7, 11) is 0. The van der Waals surface area contributed by atoms with Gasteiger partial charge < -0.3 is 10.0 Å². The number of amides is 1. The number of piperidine rings is 2. The number of benzene rings is 1. The molecule has 0 aromatic heterocycles. The lowest BCUT2D eigenvalue weighted by atomic mass is 9.90. The van der Waals surface area contributed by atoms with Gasteiger partial charge in [-0.25, -0.2) is 0 Å². The van der Waals surface area contributed by atoms with E-state index in [1.165, 1.54) is 5.56 Å². The van der Waals surface area contributed by atoms with Crippen molar-refractivity contribution in [2.24, 2.45) is 11.8 Å². The molecule has 2 aliphatic heterocycles. The van der Waals surface area contributed by atoms with Crippen molar-refractivity contribution in [2.45, 2.75) is 45.2 Å². The second-order valence-corrected chi connectivity index (χ2v) is 7.51. The molecule has 0 saturated carbocycles. The lowest BCUT2D eigenvalue weighted by molar-refractivity contribution is -0.149. The van der Waals surface area contributed by atoms with Crippen molar-refractivity contribution in [3.63, 3.8) is 0 Å². The molecule has 1 aromatic carbocycles. The minimum Gasteiger partial charge on any atom is -0.481 e. The van der Waals surface area contributed by atoms with Gasteiger partial charge in [0.25, 0.3) is 0 Å². The largest absolute Gasteiger partial charge is 0.481 e. The monoisotopic (exact) mass is 344 g/mol. The number of carbonyl (C=O) groups is 2. The maximum Gasteiger partial charge on any atom is 0.308 e. The van der Waals surface area contributed by atoms with E-state index >= 15 is 0 Å². The molecule has 2 heterocycles. The summed E-state index contributed by atoms with van der Waals surface area (Å²) < 4.78 is 0. The van der Waals surface area contributed by atoms with Gasteiger partial charge >= 0.3 is 5.97 Å². The minimum absolute atomic E-state index is 0.00698. The van der Waals surface area contributed by atoms with Gasteiger partial charge in [-0.3, -0.25) is 14.5 Å². The summed E-state index contributed by atoms with van der Waals surface area (Å²) in [6, 6.07) is 10.5. The standard InChI is InChI=1S/C20H28N2O3/c1-15-9-10-18(20(24)25)14-22(15)19(23)17-8-5-11-21(13-17)12-16-6-3-2-4-7-16/h2-4,6-7,15,17-18H,5,8-14H2,1H3,(H,24,25). The quantitative estimate of drug-likeness (QED) is 0.912. The van der Waals surface area contributed by atoms with Crippen LogP contribution < -0.4 is 0 Å². The van der Waals surface area contributed by atoms with E-state index in [1.807, 2.05) is 30.0 Å². The molecule has 1 aromatic rings. The molecule has 0 bridgehead atoms. The summed E-state index contributed by atoms with van der Waals surface area (Å²) in [6.45, 7) is 5.07. The SMILES string of the molecule is CC1CCC(C(=O)O)CN1C(=O)C1CCCN(Cc2ccccc2)C1. The molecule has 5 nitrogen and oxygen atoms in total. The fourth-order valence-electron chi connectivity index (χ4n) is 4.09. The summed E-state index contributed by atoms with van der Waals surface area (Å²) in [5.41, 5.74) is 1.27. The van der Waals surface area contributed by atoms with Gasteiger partial charge in [0.15, 0.2) is 0 Å². The van der Waals surface area contributed by atoms with Crippen molar-refractivity contribution >= 4 is 11.9 Å². The minimum atomic E-state index is -0.779. The van der Waals surface area contributed by atoms with E-state index < -0.39 is 11.9 Å². The first kappa shape index (κ1) is 17.9. The Hall–Kier alpha value is -1.88. The van der Waals surface area contributed by atoms with Crippen LogP contribution in [0.2, 0.25) is 0 Å². The van der Waals surface area contributed by atoms with Gasteiger partial charge in [0.2, 0.25) is 5.91 Å². The normalized spacial score (nSPS) is 27.9. The van der Waals surface area contributed by atoms with Gasteiger partial charge in [-0.05, 0) is 44.7 Å². The van der Waals surface area contributed by atoms with Crippen LogP contribution in [0.4, 0.5) is 0 Å². The molecule has 3 rings (SSSR count). The Balaban J connectivity index is 1.62. The van der Waals surface area contributed by atoms with Crippen LogP contribution in [0.5, 0.6) is 0 Å². The summed E-state index contributed by atoms with van der Waals surface area (Å²) in [5.74, 6) is -1.05. The molecule has 2 aliphatic rings. The molecule has 2 fully saturated rings. The highest BCUT2D eigenvalue weighted by atomic mass is 16.4. The van der Waals surface area contributed by atoms with Crippen LogP contribution in [0.3, 0.4) is 0 Å². The number of hydrogen-bond acceptors (Lipinski definition) is 3. The van der Waals surface area contributed by atoms with Crippen molar-refractivity contribution in [1.82, 2.24) is 9.80 Å². The van der Waals surface area contributed by atoms with Crippen molar-refractivity contribution in [1.29, 1.82) is 0 Å². The smallest absolute Gasteiger partial charge is 0.308 e. The topological polar surface area (TPSA) is 60.9 Å². The third kappa shape index (κ3) is 4.40. The summed E-state index contributed by atoms with van der Waals surface area (Å²) in [6.07, 6.45) is 3.38. The molecule has 3 unspecified atom stereocenters. The highest BCUT2D eigenvalue weighted by Crippen LogP contribution is 2.27. The Bertz CT molecular complexity index is 604. The molecule has 3 atom stereocenters. The van der Waals surface area contributed by atoms with Crippen LogP contribution in [-0.2, 0) is 16.1 Å². The van der Waals surface area contributed by atoms with Gasteiger partial charge in [0, 0.05) is 25.7 Å². The molecular formula is C20H28N2O3. The highest BCUT2D eigenvalue weighted by molar-refractivity contribution is 5.80. The van der Waals surface area contributed by atoms with E-state index in [0.717, 1.165) is 38.9 Å². The number of likely N-dealkylation sites (tertiary alicyclic amines) is 2. The maximum atomic E-state index is 13.0. The molecule has 5 heteroatoms. The molecule has 0 aliphatic carbocycles. The Morgan fingerprint density at radius 2 is 1.84 bits per heavy atom. The van der Waals surface area contributed by atoms with Crippen LogP contribution >= 0.6 is 0 Å². The Morgan fingerprint density at radius 1 is 1.08 bits per heavy atom. The van der Waals surface area contributed by atoms with Crippen LogP contribution in [-0.4, -0.2) is 52.5 Å². The Morgan fingerprint density at radius 3 is 2.56 bits per heavy atom. The van der Waals surface area contributed by atoms with Crippen LogP contribution in [0, 0.1) is 11.8 Å². The van der Waals surface area contributed by atoms with Crippen molar-refractivity contribution in [3.05, 3.63) is 35.9 Å². The molecular weight excluding hydrogens is 316 g/mol. The zero-order chi connectivity index (χ0) is 17.8. The first-order valence-corrected chi connectivity index (χ1v) is 9.34. The van der Waals surface area contributed by atoms with Gasteiger partial charge in [-0.2, -0.15) is 0 Å². The molecule has 1 N–H and O–H groups in total. The number of carboxylic acid groups (broad SMARTS) is 1. The predicted molar refractivity (Wildman–Crippen MR) is 96.0 cm³/mol. The van der Waals surface area contributed by atoms with Crippen LogP contribution in [0.15, 0.2) is 30.3 Å². The predicted octanol–water partition coefficient (Wildman–Crippen LogP) is 2.61. The molecule has 2 saturated heterocycles. The first-order valence-electron chi connectivity index (χ1n) is 9.34. The van der Waals surface area contributed by atoms with E-state index in [1.54, 1.807) is 0 Å². The molecule has 136 valence electrons. The van der Waals surface area contributed by atoms with Crippen molar-refractivity contribution < 1.29 is 14.7 Å². The third-order valence-corrected chi connectivity index (χ3v) is 5.62. The highest BCUT2D eigenvalue weighted by Gasteiger charge is 2.36. The van der Waals surface area contributed by atoms with Gasteiger partial charge in [-0.1, -0.05) is 30.3 Å². The number of rotatable bonds is 4. The van der Waals surface area contributed by atoms with Crippen molar-refractivity contribution in [3.8, 4) is 0 Å². The van der Waals surface area contributed by atoms with E-state index in [0.29, 0.717) is 13.0 Å². The summed E-state index contributed by atoms with van der Waals surface area (Å²) in [5, 5.41) is 9.29. The summed E-state index contributed by atoms with van der Waals surface area (Å²) >= 11 is 0. The molecule has 1 amide bonds. The lowest BCUT2D eigenvalue weighted by Crippen LogP contribution is -2.52. The molecule has 0 spiro atoms. The molecule has 0 radical (unpaired) electrons. The van der Waals surface area contributed by atoms with E-state index in [-0.39, 0.29) is 17.9 Å². The van der Waals surface area contributed by atoms with Crippen molar-refractivity contribution in [2.75, 3.05) is 19.6 Å². The number of aliphatic carboxylic acids is 1. The Labute approximate surface area is 149 Å². The van der Waals surface area contributed by atoms with Crippen LogP contribution in [0.1, 0.15) is 38.2 Å². The van der Waals surface area contributed by atoms with Gasteiger partial charge in [-0.15, -0.1) is 0 Å². The van der Waals surface area contributed by atoms with E-state index in [4.69, 9.17) is 0 Å². The van der Waals surface area contributed by atoms with E-state index in [9.17, 15) is 14.7 Å². The average molecular weight is 344 g/mol. The number of hydrogen-bond donors (Lipinski definition) is 1. The first-order chi connectivity index (χ1) is 12.0. The number of carbonyl (C=O) groups excluding carboxylic acids is 1.